The standard InChI is InChI=1S/C10H18ClNOS/c1-7-4-8(5-14-7)12-9(13)10(2,3)6-11/h7-8H,4-6H2,1-3H3,(H,12,13). The van der Waals surface area contributed by atoms with Crippen LogP contribution >= 0.6 is 23.4 Å². The van der Waals surface area contributed by atoms with E-state index in [1.54, 1.807) is 0 Å². The van der Waals surface area contributed by atoms with Crippen LogP contribution in [0, 0.1) is 5.41 Å². The van der Waals surface area contributed by atoms with Crippen LogP contribution < -0.4 is 5.32 Å². The molecule has 0 spiro atoms. The van der Waals surface area contributed by atoms with E-state index in [4.69, 9.17) is 11.6 Å². The van der Waals surface area contributed by atoms with Crippen molar-refractivity contribution < 1.29 is 4.79 Å². The first-order valence-corrected chi connectivity index (χ1v) is 6.52. The average molecular weight is 236 g/mol. The highest BCUT2D eigenvalue weighted by atomic mass is 35.5. The Bertz CT molecular complexity index is 220. The van der Waals surface area contributed by atoms with Crippen LogP contribution in [0.4, 0.5) is 0 Å². The first kappa shape index (κ1) is 12.2. The second-order valence-electron chi connectivity index (χ2n) is 4.57. The Morgan fingerprint density at radius 1 is 1.64 bits per heavy atom. The van der Waals surface area contributed by atoms with Crippen molar-refractivity contribution in [1.29, 1.82) is 0 Å². The number of hydrogen-bond donors (Lipinski definition) is 1. The SMILES string of the molecule is CC1CC(NC(=O)C(C)(C)CCl)CS1. The molecular formula is C10H18ClNOS. The molecular weight excluding hydrogens is 218 g/mol. The van der Waals surface area contributed by atoms with Gasteiger partial charge in [-0.1, -0.05) is 6.92 Å². The normalized spacial score (nSPS) is 27.7. The van der Waals surface area contributed by atoms with Gasteiger partial charge in [0.15, 0.2) is 0 Å². The number of carbonyl (C=O) groups excluding carboxylic acids is 1. The molecule has 0 aromatic carbocycles. The summed E-state index contributed by atoms with van der Waals surface area (Å²) in [5, 5.41) is 3.72. The van der Waals surface area contributed by atoms with Crippen LogP contribution in [-0.2, 0) is 4.79 Å². The Balaban J connectivity index is 2.41. The third kappa shape index (κ3) is 3.06. The lowest BCUT2D eigenvalue weighted by Crippen LogP contribution is -2.44. The minimum absolute atomic E-state index is 0.0761. The first-order valence-electron chi connectivity index (χ1n) is 4.94. The number of alkyl halides is 1. The number of thioether (sulfide) groups is 1. The zero-order chi connectivity index (χ0) is 10.8. The molecule has 1 aliphatic heterocycles. The molecule has 1 aliphatic rings. The fraction of sp³-hybridized carbons (Fsp3) is 0.900. The van der Waals surface area contributed by atoms with Crippen molar-refractivity contribution in [2.45, 2.75) is 38.5 Å². The van der Waals surface area contributed by atoms with E-state index < -0.39 is 5.41 Å². The van der Waals surface area contributed by atoms with Crippen molar-refractivity contribution in [2.75, 3.05) is 11.6 Å². The van der Waals surface area contributed by atoms with Crippen LogP contribution in [0.15, 0.2) is 0 Å². The quantitative estimate of drug-likeness (QED) is 0.761. The molecule has 1 amide bonds. The maximum absolute atomic E-state index is 11.8. The van der Waals surface area contributed by atoms with Crippen molar-refractivity contribution in [3.8, 4) is 0 Å². The molecule has 1 saturated heterocycles. The van der Waals surface area contributed by atoms with Crippen molar-refractivity contribution in [2.24, 2.45) is 5.41 Å². The summed E-state index contributed by atoms with van der Waals surface area (Å²) in [4.78, 5) is 11.8. The fourth-order valence-electron chi connectivity index (χ4n) is 1.36. The van der Waals surface area contributed by atoms with Gasteiger partial charge in [0.05, 0.1) is 5.41 Å². The maximum Gasteiger partial charge on any atom is 0.227 e. The number of nitrogens with one attached hydrogen (secondary N) is 1. The summed E-state index contributed by atoms with van der Waals surface area (Å²) in [6, 6.07) is 0.338. The average Bonchev–Trinajstić information content (AvgIpc) is 2.51. The van der Waals surface area contributed by atoms with Gasteiger partial charge < -0.3 is 5.32 Å². The third-order valence-corrected chi connectivity index (χ3v) is 4.51. The number of amides is 1. The van der Waals surface area contributed by atoms with Gasteiger partial charge in [0.1, 0.15) is 0 Å². The van der Waals surface area contributed by atoms with Crippen molar-refractivity contribution in [3.63, 3.8) is 0 Å². The first-order chi connectivity index (χ1) is 6.45. The highest BCUT2D eigenvalue weighted by molar-refractivity contribution is 8.00. The fourth-order valence-corrected chi connectivity index (χ4v) is 2.63. The van der Waals surface area contributed by atoms with Crippen LogP contribution in [0.1, 0.15) is 27.2 Å². The van der Waals surface area contributed by atoms with E-state index >= 15 is 0 Å². The van der Waals surface area contributed by atoms with E-state index in [0.717, 1.165) is 12.2 Å². The molecule has 0 radical (unpaired) electrons. The highest BCUT2D eigenvalue weighted by Crippen LogP contribution is 2.27. The predicted octanol–water partition coefficient (Wildman–Crippen LogP) is 2.26. The summed E-state index contributed by atoms with van der Waals surface area (Å²) in [5.41, 5.74) is -0.446. The largest absolute Gasteiger partial charge is 0.352 e. The molecule has 2 unspecified atom stereocenters. The van der Waals surface area contributed by atoms with Gasteiger partial charge in [0, 0.05) is 22.9 Å². The van der Waals surface area contributed by atoms with Gasteiger partial charge in [-0.05, 0) is 20.3 Å². The van der Waals surface area contributed by atoms with Gasteiger partial charge in [-0.25, -0.2) is 0 Å². The number of rotatable bonds is 3. The zero-order valence-electron chi connectivity index (χ0n) is 8.97. The topological polar surface area (TPSA) is 29.1 Å². The molecule has 2 nitrogen and oxygen atoms in total. The summed E-state index contributed by atoms with van der Waals surface area (Å²) < 4.78 is 0. The van der Waals surface area contributed by atoms with Gasteiger partial charge in [-0.15, -0.1) is 11.6 Å². The molecule has 1 N–H and O–H groups in total. The van der Waals surface area contributed by atoms with E-state index in [1.165, 1.54) is 0 Å². The van der Waals surface area contributed by atoms with E-state index in [9.17, 15) is 4.79 Å². The molecule has 0 bridgehead atoms. The van der Waals surface area contributed by atoms with Crippen LogP contribution in [0.25, 0.3) is 0 Å². The summed E-state index contributed by atoms with van der Waals surface area (Å²) in [7, 11) is 0. The molecule has 1 heterocycles. The smallest absolute Gasteiger partial charge is 0.227 e. The minimum Gasteiger partial charge on any atom is -0.352 e. The molecule has 0 aliphatic carbocycles. The Hall–Kier alpha value is 0.110. The molecule has 0 aromatic heterocycles. The summed E-state index contributed by atoms with van der Waals surface area (Å²) in [6.07, 6.45) is 1.08. The highest BCUT2D eigenvalue weighted by Gasteiger charge is 2.30. The molecule has 2 atom stereocenters. The van der Waals surface area contributed by atoms with E-state index in [2.05, 4.69) is 12.2 Å². The van der Waals surface area contributed by atoms with E-state index in [-0.39, 0.29) is 5.91 Å². The van der Waals surface area contributed by atoms with Crippen molar-refractivity contribution >= 4 is 29.3 Å². The second kappa shape index (κ2) is 4.75. The minimum atomic E-state index is -0.446. The van der Waals surface area contributed by atoms with Crippen LogP contribution in [0.5, 0.6) is 0 Å². The Labute approximate surface area is 95.2 Å². The molecule has 82 valence electrons. The monoisotopic (exact) mass is 235 g/mol. The zero-order valence-corrected chi connectivity index (χ0v) is 10.5. The lowest BCUT2D eigenvalue weighted by molar-refractivity contribution is -0.128. The number of carbonyl (C=O) groups is 1. The number of halogens is 1. The van der Waals surface area contributed by atoms with Gasteiger partial charge in [-0.3, -0.25) is 4.79 Å². The molecule has 1 rings (SSSR count). The Kier molecular flexibility index (Phi) is 4.14. The Morgan fingerprint density at radius 2 is 2.29 bits per heavy atom. The van der Waals surface area contributed by atoms with Crippen LogP contribution in [0.3, 0.4) is 0 Å². The maximum atomic E-state index is 11.8. The van der Waals surface area contributed by atoms with Gasteiger partial charge in [0.25, 0.3) is 0 Å². The molecule has 4 heteroatoms. The molecule has 0 saturated carbocycles. The summed E-state index contributed by atoms with van der Waals surface area (Å²) in [5.74, 6) is 1.48. The van der Waals surface area contributed by atoms with Gasteiger partial charge >= 0.3 is 0 Å². The molecule has 0 aromatic rings. The molecule has 14 heavy (non-hydrogen) atoms. The number of hydrogen-bond acceptors (Lipinski definition) is 2. The van der Waals surface area contributed by atoms with E-state index in [1.807, 2.05) is 25.6 Å². The van der Waals surface area contributed by atoms with Crippen molar-refractivity contribution in [1.82, 2.24) is 5.32 Å². The van der Waals surface area contributed by atoms with Gasteiger partial charge in [0.2, 0.25) is 5.91 Å². The lowest BCUT2D eigenvalue weighted by Gasteiger charge is -2.23. The summed E-state index contributed by atoms with van der Waals surface area (Å²) >= 11 is 7.65. The van der Waals surface area contributed by atoms with Crippen LogP contribution in [0.2, 0.25) is 0 Å². The lowest BCUT2D eigenvalue weighted by atomic mass is 9.94. The second-order valence-corrected chi connectivity index (χ2v) is 6.31. The molecule has 1 fully saturated rings. The van der Waals surface area contributed by atoms with Gasteiger partial charge in [-0.2, -0.15) is 11.8 Å². The summed E-state index contributed by atoms with van der Waals surface area (Å²) in [6.45, 7) is 5.95. The Morgan fingerprint density at radius 3 is 2.71 bits per heavy atom. The predicted molar refractivity (Wildman–Crippen MR) is 63.0 cm³/mol. The third-order valence-electron chi connectivity index (χ3n) is 2.48. The van der Waals surface area contributed by atoms with Crippen LogP contribution in [-0.4, -0.2) is 28.8 Å². The van der Waals surface area contributed by atoms with E-state index in [0.29, 0.717) is 17.2 Å². The van der Waals surface area contributed by atoms with Crippen molar-refractivity contribution in [3.05, 3.63) is 0 Å².